The number of benzene rings is 4. The molecule has 1 radical (unpaired) electrons. The fourth-order valence-electron chi connectivity index (χ4n) is 5.42. The van der Waals surface area contributed by atoms with Gasteiger partial charge in [0.2, 0.25) is 0 Å². The number of fused-ring (bicyclic) bond motifs is 3. The normalized spacial score (nSPS) is 12.2. The maximum absolute atomic E-state index is 4.52. The molecule has 0 bridgehead atoms. The van der Waals surface area contributed by atoms with Crippen molar-refractivity contribution in [3.05, 3.63) is 157 Å². The van der Waals surface area contributed by atoms with Crippen molar-refractivity contribution in [1.82, 2.24) is 9.97 Å². The third-order valence-corrected chi connectivity index (χ3v) is 7.29. The van der Waals surface area contributed by atoms with Crippen molar-refractivity contribution in [2.75, 3.05) is 0 Å². The molecule has 0 amide bonds. The Balaban J connectivity index is 0.000000159. The van der Waals surface area contributed by atoms with Gasteiger partial charge in [0.25, 0.3) is 0 Å². The van der Waals surface area contributed by atoms with E-state index in [0.717, 1.165) is 22.5 Å². The molecule has 7 rings (SSSR count). The van der Waals surface area contributed by atoms with Crippen LogP contribution in [0.15, 0.2) is 134 Å². The number of hydrogen-bond acceptors (Lipinski definition) is 2. The summed E-state index contributed by atoms with van der Waals surface area (Å²) in [6.45, 7) is 4.58. The Morgan fingerprint density at radius 1 is 0.575 bits per heavy atom. The fraction of sp³-hybridized carbons (Fsp3) is 0.0811. The molecule has 1 aliphatic rings. The summed E-state index contributed by atoms with van der Waals surface area (Å²) in [5, 5.41) is 0. The second-order valence-electron chi connectivity index (χ2n) is 10.1. The van der Waals surface area contributed by atoms with E-state index in [1.54, 1.807) is 0 Å². The van der Waals surface area contributed by atoms with Gasteiger partial charge in [-0.25, -0.2) is 0 Å². The van der Waals surface area contributed by atoms with Crippen molar-refractivity contribution in [2.24, 2.45) is 0 Å². The maximum Gasteiger partial charge on any atom is 0.0166 e. The summed E-state index contributed by atoms with van der Waals surface area (Å²) in [6, 6.07) is 47.9. The van der Waals surface area contributed by atoms with Gasteiger partial charge in [0.15, 0.2) is 0 Å². The molecule has 2 nitrogen and oxygen atoms in total. The van der Waals surface area contributed by atoms with E-state index in [9.17, 15) is 0 Å². The van der Waals surface area contributed by atoms with Gasteiger partial charge in [-0.15, -0.1) is 65.2 Å². The van der Waals surface area contributed by atoms with Crippen LogP contribution in [0.5, 0.6) is 0 Å². The second kappa shape index (κ2) is 11.9. The monoisotopic (exact) mass is 693 g/mol. The summed E-state index contributed by atoms with van der Waals surface area (Å²) in [7, 11) is 0. The number of aromatic nitrogens is 2. The van der Waals surface area contributed by atoms with E-state index in [2.05, 4.69) is 90.5 Å². The molecule has 4 aromatic carbocycles. The molecule has 3 heteroatoms. The summed E-state index contributed by atoms with van der Waals surface area (Å²) in [6.07, 6.45) is 3.69. The van der Waals surface area contributed by atoms with Gasteiger partial charge in [-0.3, -0.25) is 0 Å². The van der Waals surface area contributed by atoms with E-state index in [4.69, 9.17) is 0 Å². The van der Waals surface area contributed by atoms with Crippen LogP contribution in [0, 0.1) is 12.1 Å². The average Bonchev–Trinajstić information content (AvgIpc) is 3.26. The first-order valence-electron chi connectivity index (χ1n) is 13.2. The van der Waals surface area contributed by atoms with Gasteiger partial charge in [-0.1, -0.05) is 92.2 Å². The van der Waals surface area contributed by atoms with Gasteiger partial charge in [0, 0.05) is 32.5 Å². The zero-order valence-corrected chi connectivity index (χ0v) is 24.8. The fourth-order valence-corrected chi connectivity index (χ4v) is 5.42. The predicted octanol–water partition coefficient (Wildman–Crippen LogP) is 9.07. The Kier molecular flexibility index (Phi) is 8.16. The minimum Gasteiger partial charge on any atom is -0.305 e. The number of nitrogens with zero attached hydrogens (tertiary/aromatic N) is 2. The van der Waals surface area contributed by atoms with Crippen LogP contribution in [0.1, 0.15) is 25.0 Å². The van der Waals surface area contributed by atoms with Crippen molar-refractivity contribution < 1.29 is 20.1 Å². The van der Waals surface area contributed by atoms with Crippen LogP contribution in [0.2, 0.25) is 0 Å². The molecule has 2 heterocycles. The zero-order chi connectivity index (χ0) is 26.7. The average molecular weight is 693 g/mol. The molecule has 0 aliphatic heterocycles. The van der Waals surface area contributed by atoms with Crippen LogP contribution in [0.4, 0.5) is 0 Å². The van der Waals surface area contributed by atoms with E-state index in [1.165, 1.54) is 33.4 Å². The molecular formula is C37H28IrN2-2. The quantitative estimate of drug-likeness (QED) is 0.173. The minimum absolute atomic E-state index is 0. The van der Waals surface area contributed by atoms with Gasteiger partial charge >= 0.3 is 0 Å². The molecule has 0 saturated carbocycles. The SMILES string of the molecule is CC1(C)c2ccccc2-c2cc[c-]c(-c3ccccn3)c21.[Ir].[c-]1ccccc1-c1cc(-c2ccccc2)ccn1. The molecule has 1 aliphatic carbocycles. The number of pyridine rings is 2. The summed E-state index contributed by atoms with van der Waals surface area (Å²) in [5.41, 5.74) is 11.8. The standard InChI is InChI=1S/C20H16N.C17H12N.Ir/c1-20(2)17-11-4-3-8-14(17)15-9-7-10-16(19(15)20)18-12-5-6-13-21-18;1-3-7-14(8-4-1)16-11-12-18-17(13-16)15-9-5-2-6-10-15;/h3-9,11-13H,1-2H3;1-9,11-13H;/q2*-1;. The summed E-state index contributed by atoms with van der Waals surface area (Å²) in [5.74, 6) is 0. The Labute approximate surface area is 250 Å². The van der Waals surface area contributed by atoms with Crippen molar-refractivity contribution in [2.45, 2.75) is 19.3 Å². The Bertz CT molecular complexity index is 1660. The Hall–Kier alpha value is -4.17. The van der Waals surface area contributed by atoms with E-state index < -0.39 is 0 Å². The van der Waals surface area contributed by atoms with Crippen LogP contribution in [0.3, 0.4) is 0 Å². The molecule has 40 heavy (non-hydrogen) atoms. The Morgan fingerprint density at radius 3 is 2.10 bits per heavy atom. The molecule has 2 aromatic heterocycles. The molecule has 0 N–H and O–H groups in total. The Morgan fingerprint density at radius 2 is 1.32 bits per heavy atom. The minimum atomic E-state index is -0.0173. The first-order chi connectivity index (χ1) is 19.1. The number of hydrogen-bond donors (Lipinski definition) is 0. The molecular weight excluding hydrogens is 665 g/mol. The van der Waals surface area contributed by atoms with Crippen LogP contribution in [0.25, 0.3) is 44.8 Å². The number of rotatable bonds is 3. The molecule has 0 spiro atoms. The first kappa shape index (κ1) is 27.4. The van der Waals surface area contributed by atoms with Crippen LogP contribution >= 0.6 is 0 Å². The van der Waals surface area contributed by atoms with Crippen LogP contribution < -0.4 is 0 Å². The summed E-state index contributed by atoms with van der Waals surface area (Å²) < 4.78 is 0. The maximum atomic E-state index is 4.52. The molecule has 197 valence electrons. The molecule has 0 unspecified atom stereocenters. The van der Waals surface area contributed by atoms with Gasteiger partial charge in [0.1, 0.15) is 0 Å². The zero-order valence-electron chi connectivity index (χ0n) is 22.4. The van der Waals surface area contributed by atoms with Gasteiger partial charge in [-0.05, 0) is 51.2 Å². The van der Waals surface area contributed by atoms with Crippen LogP contribution in [-0.2, 0) is 25.5 Å². The van der Waals surface area contributed by atoms with Gasteiger partial charge in [0.05, 0.1) is 0 Å². The van der Waals surface area contributed by atoms with Crippen molar-refractivity contribution in [1.29, 1.82) is 0 Å². The molecule has 6 aromatic rings. The van der Waals surface area contributed by atoms with E-state index in [0.29, 0.717) is 0 Å². The van der Waals surface area contributed by atoms with Gasteiger partial charge in [-0.2, -0.15) is 0 Å². The first-order valence-corrected chi connectivity index (χ1v) is 13.2. The van der Waals surface area contributed by atoms with Crippen molar-refractivity contribution in [3.8, 4) is 44.8 Å². The second-order valence-corrected chi connectivity index (χ2v) is 10.1. The molecule has 0 atom stereocenters. The van der Waals surface area contributed by atoms with E-state index in [-0.39, 0.29) is 25.5 Å². The third kappa shape index (κ3) is 5.31. The van der Waals surface area contributed by atoms with Gasteiger partial charge < -0.3 is 9.97 Å². The topological polar surface area (TPSA) is 25.8 Å². The smallest absolute Gasteiger partial charge is 0.0166 e. The van der Waals surface area contributed by atoms with Crippen molar-refractivity contribution >= 4 is 0 Å². The largest absolute Gasteiger partial charge is 0.305 e. The van der Waals surface area contributed by atoms with Crippen molar-refractivity contribution in [3.63, 3.8) is 0 Å². The summed E-state index contributed by atoms with van der Waals surface area (Å²) in [4.78, 5) is 8.93. The van der Waals surface area contributed by atoms with E-state index >= 15 is 0 Å². The summed E-state index contributed by atoms with van der Waals surface area (Å²) >= 11 is 0. The third-order valence-electron chi connectivity index (χ3n) is 7.29. The predicted molar refractivity (Wildman–Crippen MR) is 160 cm³/mol. The molecule has 0 fully saturated rings. The van der Waals surface area contributed by atoms with E-state index in [1.807, 2.05) is 79.1 Å². The molecule has 0 saturated heterocycles. The van der Waals surface area contributed by atoms with Crippen LogP contribution in [-0.4, -0.2) is 9.97 Å².